The van der Waals surface area contributed by atoms with E-state index in [1.54, 1.807) is 43.2 Å². The summed E-state index contributed by atoms with van der Waals surface area (Å²) < 4.78 is 12.3. The van der Waals surface area contributed by atoms with Crippen molar-refractivity contribution in [1.82, 2.24) is 14.8 Å². The summed E-state index contributed by atoms with van der Waals surface area (Å²) in [4.78, 5) is 18.4. The minimum absolute atomic E-state index is 0.238. The number of fused-ring (bicyclic) bond motifs is 1. The van der Waals surface area contributed by atoms with Crippen molar-refractivity contribution in [1.29, 1.82) is 0 Å². The van der Waals surface area contributed by atoms with Crippen LogP contribution in [0.1, 0.15) is 24.1 Å². The first-order chi connectivity index (χ1) is 18.4. The Labute approximate surface area is 230 Å². The highest BCUT2D eigenvalue weighted by Gasteiger charge is 2.34. The van der Waals surface area contributed by atoms with Crippen LogP contribution < -0.4 is 20.1 Å². The second kappa shape index (κ2) is 11.2. The average molecular weight is 548 g/mol. The number of rotatable bonds is 8. The largest absolute Gasteiger partial charge is 0.497 e. The monoisotopic (exact) mass is 547 g/mol. The molecule has 194 valence electrons. The molecule has 1 aliphatic rings. The summed E-state index contributed by atoms with van der Waals surface area (Å²) in [6, 6.07) is 22.0. The first-order valence-electron chi connectivity index (χ1n) is 11.9. The molecule has 5 rings (SSSR count). The molecule has 0 saturated heterocycles. The van der Waals surface area contributed by atoms with Crippen molar-refractivity contribution in [3.8, 4) is 11.5 Å². The van der Waals surface area contributed by atoms with Gasteiger partial charge in [-0.15, -0.1) is 5.10 Å². The third-order valence-electron chi connectivity index (χ3n) is 6.14. The normalized spacial score (nSPS) is 14.5. The van der Waals surface area contributed by atoms with Gasteiger partial charge in [0.15, 0.2) is 0 Å². The van der Waals surface area contributed by atoms with E-state index in [2.05, 4.69) is 10.6 Å². The highest BCUT2D eigenvalue weighted by molar-refractivity contribution is 7.98. The molecule has 38 heavy (non-hydrogen) atoms. The number of carbonyl (C=O) groups excluding carboxylic acids is 1. The number of halogens is 1. The number of ether oxygens (including phenoxy) is 2. The van der Waals surface area contributed by atoms with Crippen LogP contribution in [0.4, 0.5) is 11.6 Å². The number of allylic oxidation sites excluding steroid dienone is 1. The molecule has 0 fully saturated rings. The first kappa shape index (κ1) is 25.7. The van der Waals surface area contributed by atoms with Gasteiger partial charge in [-0.2, -0.15) is 4.98 Å². The van der Waals surface area contributed by atoms with Crippen LogP contribution in [0.2, 0.25) is 5.02 Å². The molecule has 10 heteroatoms. The lowest BCUT2D eigenvalue weighted by molar-refractivity contribution is -0.113. The van der Waals surface area contributed by atoms with Crippen molar-refractivity contribution in [3.05, 3.63) is 100 Å². The van der Waals surface area contributed by atoms with Crippen LogP contribution in [-0.4, -0.2) is 34.9 Å². The molecule has 1 atom stereocenters. The number of nitrogens with zero attached hydrogens (tertiary/aromatic N) is 3. The van der Waals surface area contributed by atoms with E-state index >= 15 is 0 Å². The standard InChI is InChI=1S/C28H26ClN5O3S/c1-17-24(26(35)31-21-10-14-23(37-3)15-11-21)25(19-6-12-22(36-2)13-7-19)34-27(30-17)32-28(33-34)38-16-18-4-8-20(29)9-5-18/h4-15,25H,16H2,1-3H3,(H,31,35)(H,30,32,33)/t25-/m0/s1. The minimum atomic E-state index is -0.493. The average Bonchev–Trinajstić information content (AvgIpc) is 3.34. The van der Waals surface area contributed by atoms with E-state index < -0.39 is 6.04 Å². The second-order valence-corrected chi connectivity index (χ2v) is 9.98. The van der Waals surface area contributed by atoms with Gasteiger partial charge in [-0.05, 0) is 66.6 Å². The van der Waals surface area contributed by atoms with Gasteiger partial charge in [-0.3, -0.25) is 4.79 Å². The summed E-state index contributed by atoms with van der Waals surface area (Å²) in [7, 11) is 3.23. The summed E-state index contributed by atoms with van der Waals surface area (Å²) >= 11 is 7.53. The Balaban J connectivity index is 1.46. The van der Waals surface area contributed by atoms with Gasteiger partial charge in [0, 0.05) is 22.2 Å². The van der Waals surface area contributed by atoms with E-state index in [0.29, 0.717) is 44.6 Å². The third-order valence-corrected chi connectivity index (χ3v) is 7.30. The maximum Gasteiger partial charge on any atom is 0.255 e. The molecule has 1 amide bonds. The molecular formula is C28H26ClN5O3S. The summed E-state index contributed by atoms with van der Waals surface area (Å²) in [5.74, 6) is 2.46. The van der Waals surface area contributed by atoms with Gasteiger partial charge in [-0.25, -0.2) is 4.68 Å². The second-order valence-electron chi connectivity index (χ2n) is 8.60. The molecule has 3 aromatic carbocycles. The number of amides is 1. The molecule has 0 radical (unpaired) electrons. The molecule has 0 spiro atoms. The van der Waals surface area contributed by atoms with E-state index in [1.165, 1.54) is 11.8 Å². The Bertz CT molecular complexity index is 1470. The van der Waals surface area contributed by atoms with Gasteiger partial charge in [0.25, 0.3) is 5.91 Å². The molecule has 8 nitrogen and oxygen atoms in total. The number of hydrogen-bond donors (Lipinski definition) is 2. The molecule has 0 saturated carbocycles. The van der Waals surface area contributed by atoms with Crippen molar-refractivity contribution in [2.24, 2.45) is 0 Å². The number of benzene rings is 3. The predicted octanol–water partition coefficient (Wildman–Crippen LogP) is 6.17. The number of aromatic nitrogens is 3. The Kier molecular flexibility index (Phi) is 7.57. The maximum absolute atomic E-state index is 13.7. The van der Waals surface area contributed by atoms with Crippen molar-refractivity contribution >= 4 is 40.9 Å². The van der Waals surface area contributed by atoms with Crippen LogP contribution in [0.25, 0.3) is 0 Å². The summed E-state index contributed by atoms with van der Waals surface area (Å²) in [6.45, 7) is 1.87. The quantitative estimate of drug-likeness (QED) is 0.255. The summed E-state index contributed by atoms with van der Waals surface area (Å²) in [5, 5.41) is 12.4. The Morgan fingerprint density at radius 1 is 1.00 bits per heavy atom. The SMILES string of the molecule is COc1ccc(NC(=O)C2=C(C)Nc3nc(SCc4ccc(Cl)cc4)nn3[C@H]2c2ccc(OC)cc2)cc1. The lowest BCUT2D eigenvalue weighted by Gasteiger charge is -2.28. The number of nitrogens with one attached hydrogen (secondary N) is 2. The number of carbonyl (C=O) groups is 1. The number of thioether (sulfide) groups is 1. The maximum atomic E-state index is 13.7. The zero-order valence-electron chi connectivity index (χ0n) is 21.1. The molecule has 2 heterocycles. The van der Waals surface area contributed by atoms with Gasteiger partial charge < -0.3 is 20.1 Å². The highest BCUT2D eigenvalue weighted by atomic mass is 35.5. The fourth-order valence-corrected chi connectivity index (χ4v) is 5.09. The fraction of sp³-hybridized carbons (Fsp3) is 0.179. The molecule has 4 aromatic rings. The van der Waals surface area contributed by atoms with Crippen LogP contribution in [0.3, 0.4) is 0 Å². The Morgan fingerprint density at radius 2 is 1.63 bits per heavy atom. The Hall–Kier alpha value is -3.95. The zero-order valence-corrected chi connectivity index (χ0v) is 22.6. The fourth-order valence-electron chi connectivity index (χ4n) is 4.18. The lowest BCUT2D eigenvalue weighted by atomic mass is 9.95. The van der Waals surface area contributed by atoms with Gasteiger partial charge in [-0.1, -0.05) is 47.6 Å². The molecule has 2 N–H and O–H groups in total. The van der Waals surface area contributed by atoms with Crippen molar-refractivity contribution < 1.29 is 14.3 Å². The van der Waals surface area contributed by atoms with E-state index in [4.69, 9.17) is 31.2 Å². The molecular weight excluding hydrogens is 522 g/mol. The van der Waals surface area contributed by atoms with Gasteiger partial charge in [0.05, 0.1) is 19.8 Å². The van der Waals surface area contributed by atoms with E-state index in [9.17, 15) is 4.79 Å². The van der Waals surface area contributed by atoms with E-state index in [0.717, 1.165) is 16.9 Å². The summed E-state index contributed by atoms with van der Waals surface area (Å²) in [5.41, 5.74) is 3.89. The van der Waals surface area contributed by atoms with Crippen LogP contribution in [0, 0.1) is 0 Å². The molecule has 0 aliphatic carbocycles. The molecule has 1 aliphatic heterocycles. The number of methoxy groups -OCH3 is 2. The van der Waals surface area contributed by atoms with Gasteiger partial charge in [0.1, 0.15) is 17.5 Å². The van der Waals surface area contributed by atoms with E-state index in [1.807, 2.05) is 55.5 Å². The highest BCUT2D eigenvalue weighted by Crippen LogP contribution is 2.37. The van der Waals surface area contributed by atoms with Crippen molar-refractivity contribution in [2.45, 2.75) is 23.9 Å². The van der Waals surface area contributed by atoms with Crippen LogP contribution in [0.5, 0.6) is 11.5 Å². The third kappa shape index (κ3) is 5.49. The number of hydrogen-bond acceptors (Lipinski definition) is 7. The molecule has 0 unspecified atom stereocenters. The predicted molar refractivity (Wildman–Crippen MR) is 150 cm³/mol. The first-order valence-corrected chi connectivity index (χ1v) is 13.2. The Morgan fingerprint density at radius 3 is 2.26 bits per heavy atom. The van der Waals surface area contributed by atoms with Crippen LogP contribution in [-0.2, 0) is 10.5 Å². The van der Waals surface area contributed by atoms with Gasteiger partial charge >= 0.3 is 0 Å². The lowest BCUT2D eigenvalue weighted by Crippen LogP contribution is -2.31. The summed E-state index contributed by atoms with van der Waals surface area (Å²) in [6.07, 6.45) is 0. The van der Waals surface area contributed by atoms with Gasteiger partial charge in [0.2, 0.25) is 11.1 Å². The smallest absolute Gasteiger partial charge is 0.255 e. The molecule has 1 aromatic heterocycles. The topological polar surface area (TPSA) is 90.3 Å². The van der Waals surface area contributed by atoms with Crippen LogP contribution >= 0.6 is 23.4 Å². The minimum Gasteiger partial charge on any atom is -0.497 e. The zero-order chi connectivity index (χ0) is 26.6. The van der Waals surface area contributed by atoms with Crippen molar-refractivity contribution in [3.63, 3.8) is 0 Å². The van der Waals surface area contributed by atoms with Crippen LogP contribution in [0.15, 0.2) is 89.2 Å². The van der Waals surface area contributed by atoms with E-state index in [-0.39, 0.29) is 5.91 Å². The molecule has 0 bridgehead atoms. The van der Waals surface area contributed by atoms with Crippen molar-refractivity contribution in [2.75, 3.05) is 24.9 Å². The number of anilines is 2.